The largest absolute Gasteiger partial charge is 0.497 e. The van der Waals surface area contributed by atoms with Crippen molar-refractivity contribution < 1.29 is 13.9 Å². The van der Waals surface area contributed by atoms with Crippen molar-refractivity contribution in [3.63, 3.8) is 0 Å². The Kier molecular flexibility index (Phi) is 9.79. The van der Waals surface area contributed by atoms with Gasteiger partial charge in [0.1, 0.15) is 5.75 Å². The number of hydrogen-bond donors (Lipinski definition) is 1. The molecule has 2 atom stereocenters. The summed E-state index contributed by atoms with van der Waals surface area (Å²) >= 11 is 0. The second-order valence-electron chi connectivity index (χ2n) is 6.95. The predicted molar refractivity (Wildman–Crippen MR) is 114 cm³/mol. The van der Waals surface area contributed by atoms with E-state index in [1.165, 1.54) is 0 Å². The third kappa shape index (κ3) is 5.87. The number of piperidine rings is 1. The predicted octanol–water partition coefficient (Wildman–Crippen LogP) is 3.71. The number of carbonyl (C=O) groups is 1. The van der Waals surface area contributed by atoms with E-state index in [2.05, 4.69) is 11.9 Å². The Morgan fingerprint density at radius 1 is 1.32 bits per heavy atom. The Morgan fingerprint density at radius 2 is 2.04 bits per heavy atom. The van der Waals surface area contributed by atoms with Gasteiger partial charge in [-0.25, -0.2) is 4.98 Å². The van der Waals surface area contributed by atoms with Gasteiger partial charge >= 0.3 is 0 Å². The molecule has 2 aromatic rings. The SMILES string of the molecule is COc1ccc(-c2cnc(CCC(=O)N3CCC(C)CC3CN)o2)cc1.Cl.Cl. The highest BCUT2D eigenvalue weighted by molar-refractivity contribution is 5.85. The van der Waals surface area contributed by atoms with Crippen molar-refractivity contribution >= 4 is 30.7 Å². The van der Waals surface area contributed by atoms with Gasteiger partial charge in [0.2, 0.25) is 5.91 Å². The van der Waals surface area contributed by atoms with Crippen LogP contribution in [0.2, 0.25) is 0 Å². The van der Waals surface area contributed by atoms with E-state index >= 15 is 0 Å². The number of rotatable bonds is 6. The lowest BCUT2D eigenvalue weighted by atomic mass is 9.92. The van der Waals surface area contributed by atoms with Crippen molar-refractivity contribution in [2.45, 2.75) is 38.6 Å². The number of halogens is 2. The molecule has 1 saturated heterocycles. The molecule has 0 bridgehead atoms. The number of amides is 1. The second kappa shape index (κ2) is 11.3. The maximum Gasteiger partial charge on any atom is 0.223 e. The van der Waals surface area contributed by atoms with Gasteiger partial charge in [-0.3, -0.25) is 4.79 Å². The molecule has 8 heteroatoms. The maximum absolute atomic E-state index is 12.6. The summed E-state index contributed by atoms with van der Waals surface area (Å²) in [6, 6.07) is 7.77. The van der Waals surface area contributed by atoms with Crippen LogP contribution in [-0.4, -0.2) is 42.0 Å². The summed E-state index contributed by atoms with van der Waals surface area (Å²) in [5.41, 5.74) is 6.79. The van der Waals surface area contributed by atoms with Crippen LogP contribution in [0.3, 0.4) is 0 Å². The molecule has 3 rings (SSSR count). The number of benzene rings is 1. The normalized spacial score (nSPS) is 18.8. The zero-order valence-corrected chi connectivity index (χ0v) is 17.9. The van der Waals surface area contributed by atoms with Gasteiger partial charge in [0.05, 0.1) is 13.3 Å². The van der Waals surface area contributed by atoms with Crippen molar-refractivity contribution in [1.82, 2.24) is 9.88 Å². The Morgan fingerprint density at radius 3 is 2.68 bits per heavy atom. The summed E-state index contributed by atoms with van der Waals surface area (Å²) in [6.45, 7) is 3.54. The number of likely N-dealkylation sites (tertiary alicyclic amines) is 1. The highest BCUT2D eigenvalue weighted by atomic mass is 35.5. The molecule has 1 aliphatic heterocycles. The first kappa shape index (κ1) is 24.3. The van der Waals surface area contributed by atoms with Crippen LogP contribution >= 0.6 is 24.8 Å². The fourth-order valence-corrected chi connectivity index (χ4v) is 3.48. The number of oxazole rings is 1. The minimum atomic E-state index is 0. The lowest BCUT2D eigenvalue weighted by Crippen LogP contribution is -2.49. The summed E-state index contributed by atoms with van der Waals surface area (Å²) in [4.78, 5) is 18.8. The minimum absolute atomic E-state index is 0. The molecule has 0 saturated carbocycles. The number of aryl methyl sites for hydroxylation is 1. The third-order valence-electron chi connectivity index (χ3n) is 5.05. The fourth-order valence-electron chi connectivity index (χ4n) is 3.48. The molecule has 1 aliphatic rings. The van der Waals surface area contributed by atoms with Crippen LogP contribution in [0.15, 0.2) is 34.9 Å². The molecule has 6 nitrogen and oxygen atoms in total. The molecule has 1 amide bonds. The number of nitrogens with zero attached hydrogens (tertiary/aromatic N) is 2. The van der Waals surface area contributed by atoms with Crippen LogP contribution in [0.1, 0.15) is 32.1 Å². The van der Waals surface area contributed by atoms with E-state index in [4.69, 9.17) is 14.9 Å². The second-order valence-corrected chi connectivity index (χ2v) is 6.95. The molecule has 2 unspecified atom stereocenters. The number of hydrogen-bond acceptors (Lipinski definition) is 5. The van der Waals surface area contributed by atoms with E-state index in [1.54, 1.807) is 13.3 Å². The third-order valence-corrected chi connectivity index (χ3v) is 5.05. The monoisotopic (exact) mass is 429 g/mol. The smallest absolute Gasteiger partial charge is 0.223 e. The summed E-state index contributed by atoms with van der Waals surface area (Å²) in [6.07, 6.45) is 4.63. The van der Waals surface area contributed by atoms with E-state index in [9.17, 15) is 4.79 Å². The highest BCUT2D eigenvalue weighted by Crippen LogP contribution is 2.25. The summed E-state index contributed by atoms with van der Waals surface area (Å²) < 4.78 is 11.0. The standard InChI is InChI=1S/C20H27N3O3.2ClH/c1-14-9-10-23(16(11-14)12-21)20(24)8-7-19-22-13-18(26-19)15-3-5-17(25-2)6-4-15;;/h3-6,13-14,16H,7-12,21H2,1-2H3;2*1H. The number of aromatic nitrogens is 1. The van der Waals surface area contributed by atoms with E-state index in [0.29, 0.717) is 37.0 Å². The molecule has 28 heavy (non-hydrogen) atoms. The van der Waals surface area contributed by atoms with Crippen LogP contribution in [-0.2, 0) is 11.2 Å². The van der Waals surface area contributed by atoms with Crippen molar-refractivity contribution in [1.29, 1.82) is 0 Å². The topological polar surface area (TPSA) is 81.6 Å². The van der Waals surface area contributed by atoms with E-state index in [-0.39, 0.29) is 36.8 Å². The van der Waals surface area contributed by atoms with Crippen molar-refractivity contribution in [2.24, 2.45) is 11.7 Å². The van der Waals surface area contributed by atoms with Crippen LogP contribution in [0.5, 0.6) is 5.75 Å². The Balaban J connectivity index is 0.00000196. The van der Waals surface area contributed by atoms with Crippen molar-refractivity contribution in [3.05, 3.63) is 36.4 Å². The first-order valence-corrected chi connectivity index (χ1v) is 9.19. The lowest BCUT2D eigenvalue weighted by Gasteiger charge is -2.38. The highest BCUT2D eigenvalue weighted by Gasteiger charge is 2.28. The number of methoxy groups -OCH3 is 1. The van der Waals surface area contributed by atoms with Gasteiger partial charge in [-0.1, -0.05) is 6.92 Å². The van der Waals surface area contributed by atoms with Crippen molar-refractivity contribution in [3.8, 4) is 17.1 Å². The molecule has 1 fully saturated rings. The average Bonchev–Trinajstić information content (AvgIpc) is 3.15. The zero-order valence-electron chi connectivity index (χ0n) is 16.3. The van der Waals surface area contributed by atoms with Gasteiger partial charge in [0.25, 0.3) is 0 Å². The average molecular weight is 430 g/mol. The Hall–Kier alpha value is -1.76. The molecule has 0 aliphatic carbocycles. The summed E-state index contributed by atoms with van der Waals surface area (Å²) in [5, 5.41) is 0. The Labute approximate surface area is 178 Å². The number of carbonyl (C=O) groups excluding carboxylic acids is 1. The van der Waals surface area contributed by atoms with Gasteiger partial charge < -0.3 is 19.8 Å². The van der Waals surface area contributed by atoms with E-state index < -0.39 is 0 Å². The number of ether oxygens (including phenoxy) is 1. The zero-order chi connectivity index (χ0) is 18.5. The van der Waals surface area contributed by atoms with E-state index in [1.807, 2.05) is 29.2 Å². The maximum atomic E-state index is 12.6. The Bertz CT molecular complexity index is 737. The first-order valence-electron chi connectivity index (χ1n) is 9.19. The number of nitrogens with two attached hydrogens (primary N) is 1. The summed E-state index contributed by atoms with van der Waals surface area (Å²) in [7, 11) is 1.64. The molecule has 0 spiro atoms. The van der Waals surface area contributed by atoms with Gasteiger partial charge in [-0.15, -0.1) is 24.8 Å². The molecule has 2 N–H and O–H groups in total. The van der Waals surface area contributed by atoms with Crippen LogP contribution < -0.4 is 10.5 Å². The van der Waals surface area contributed by atoms with Gasteiger partial charge in [-0.2, -0.15) is 0 Å². The molecule has 0 radical (unpaired) electrons. The lowest BCUT2D eigenvalue weighted by molar-refractivity contribution is -0.135. The van der Waals surface area contributed by atoms with Crippen molar-refractivity contribution in [2.75, 3.05) is 20.2 Å². The fraction of sp³-hybridized carbons (Fsp3) is 0.500. The molecule has 156 valence electrons. The first-order chi connectivity index (χ1) is 12.6. The van der Waals surface area contributed by atoms with Gasteiger partial charge in [0.15, 0.2) is 11.7 Å². The molecule has 1 aromatic heterocycles. The molecule has 2 heterocycles. The summed E-state index contributed by atoms with van der Waals surface area (Å²) in [5.74, 6) is 2.84. The van der Waals surface area contributed by atoms with E-state index in [0.717, 1.165) is 30.7 Å². The molecule has 1 aromatic carbocycles. The van der Waals surface area contributed by atoms with Crippen LogP contribution in [0.4, 0.5) is 0 Å². The van der Waals surface area contributed by atoms with Gasteiger partial charge in [-0.05, 0) is 43.0 Å². The minimum Gasteiger partial charge on any atom is -0.497 e. The quantitative estimate of drug-likeness (QED) is 0.756. The molecular weight excluding hydrogens is 401 g/mol. The molecular formula is C20H29Cl2N3O3. The van der Waals surface area contributed by atoms with Crippen LogP contribution in [0, 0.1) is 5.92 Å². The van der Waals surface area contributed by atoms with Crippen LogP contribution in [0.25, 0.3) is 11.3 Å². The van der Waals surface area contributed by atoms with Gasteiger partial charge in [0, 0.05) is 37.5 Å².